The van der Waals surface area contributed by atoms with Gasteiger partial charge in [-0.2, -0.15) is 0 Å². The Morgan fingerprint density at radius 2 is 1.50 bits per heavy atom. The molecule has 1 aromatic heterocycles. The highest BCUT2D eigenvalue weighted by Crippen LogP contribution is 2.21. The number of sulfonamides is 1. The fourth-order valence-electron chi connectivity index (χ4n) is 3.94. The number of amides is 2. The molecule has 8 nitrogen and oxygen atoms in total. The van der Waals surface area contributed by atoms with Gasteiger partial charge >= 0.3 is 0 Å². The lowest BCUT2D eigenvalue weighted by Gasteiger charge is -2.34. The summed E-state index contributed by atoms with van der Waals surface area (Å²) < 4.78 is 28.1. The molecule has 0 bridgehead atoms. The van der Waals surface area contributed by atoms with E-state index in [2.05, 4.69) is 9.71 Å². The van der Waals surface area contributed by atoms with Crippen LogP contribution in [0.3, 0.4) is 0 Å². The lowest BCUT2D eigenvalue weighted by molar-refractivity contribution is 0.0532. The third-order valence-electron chi connectivity index (χ3n) is 5.74. The maximum absolute atomic E-state index is 12.9. The molecule has 9 heteroatoms. The van der Waals surface area contributed by atoms with Gasteiger partial charge in [0.05, 0.1) is 4.90 Å². The van der Waals surface area contributed by atoms with Crippen LogP contribution in [-0.2, 0) is 10.0 Å². The van der Waals surface area contributed by atoms with E-state index >= 15 is 0 Å². The van der Waals surface area contributed by atoms with E-state index in [0.717, 1.165) is 5.56 Å². The molecule has 2 heterocycles. The number of piperazine rings is 1. The fraction of sp³-hybridized carbons (Fsp3) is 0.240. The Balaban J connectivity index is 1.37. The van der Waals surface area contributed by atoms with Crippen molar-refractivity contribution in [2.75, 3.05) is 30.9 Å². The lowest BCUT2D eigenvalue weighted by atomic mass is 10.1. The molecule has 0 saturated carbocycles. The van der Waals surface area contributed by atoms with Gasteiger partial charge in [0, 0.05) is 43.6 Å². The molecule has 0 aliphatic carbocycles. The van der Waals surface area contributed by atoms with E-state index in [1.165, 1.54) is 0 Å². The number of rotatable bonds is 5. The summed E-state index contributed by atoms with van der Waals surface area (Å²) in [6.07, 6.45) is 1.58. The number of pyridine rings is 1. The van der Waals surface area contributed by atoms with Gasteiger partial charge in [0.15, 0.2) is 0 Å². The van der Waals surface area contributed by atoms with Crippen LogP contribution in [0.15, 0.2) is 71.8 Å². The van der Waals surface area contributed by atoms with Gasteiger partial charge in [0.1, 0.15) is 5.69 Å². The Morgan fingerprint density at radius 1 is 0.853 bits per heavy atom. The number of aromatic nitrogens is 1. The first-order chi connectivity index (χ1) is 16.2. The Bertz CT molecular complexity index is 1300. The molecule has 1 aliphatic heterocycles. The number of carbonyl (C=O) groups excluding carboxylic acids is 2. The van der Waals surface area contributed by atoms with Gasteiger partial charge in [-0.25, -0.2) is 8.42 Å². The second-order valence-electron chi connectivity index (χ2n) is 8.25. The van der Waals surface area contributed by atoms with E-state index in [9.17, 15) is 18.0 Å². The van der Waals surface area contributed by atoms with Gasteiger partial charge in [0.25, 0.3) is 21.8 Å². The number of nitrogens with one attached hydrogen (secondary N) is 1. The minimum absolute atomic E-state index is 0.145. The van der Waals surface area contributed by atoms with Crippen molar-refractivity contribution in [1.29, 1.82) is 0 Å². The Labute approximate surface area is 199 Å². The van der Waals surface area contributed by atoms with Crippen molar-refractivity contribution in [1.82, 2.24) is 14.8 Å². The van der Waals surface area contributed by atoms with Crippen molar-refractivity contribution in [3.63, 3.8) is 0 Å². The van der Waals surface area contributed by atoms with Crippen LogP contribution in [0.25, 0.3) is 0 Å². The number of hydrogen-bond acceptors (Lipinski definition) is 5. The second-order valence-corrected chi connectivity index (χ2v) is 9.90. The molecule has 3 aromatic rings. The average molecular weight is 479 g/mol. The molecule has 1 saturated heterocycles. The Hall–Kier alpha value is -3.72. The summed E-state index contributed by atoms with van der Waals surface area (Å²) in [5.74, 6) is -0.304. The smallest absolute Gasteiger partial charge is 0.272 e. The van der Waals surface area contributed by atoms with Crippen LogP contribution >= 0.6 is 0 Å². The van der Waals surface area contributed by atoms with Gasteiger partial charge in [0.2, 0.25) is 0 Å². The molecule has 0 atom stereocenters. The van der Waals surface area contributed by atoms with Crippen molar-refractivity contribution < 1.29 is 18.0 Å². The van der Waals surface area contributed by atoms with E-state index in [-0.39, 0.29) is 16.7 Å². The van der Waals surface area contributed by atoms with Crippen LogP contribution in [-0.4, -0.2) is 61.2 Å². The van der Waals surface area contributed by atoms with E-state index in [0.29, 0.717) is 48.7 Å². The van der Waals surface area contributed by atoms with E-state index in [4.69, 9.17) is 0 Å². The number of nitrogens with zero attached hydrogens (tertiary/aromatic N) is 3. The topological polar surface area (TPSA) is 99.7 Å². The van der Waals surface area contributed by atoms with E-state index < -0.39 is 10.0 Å². The predicted octanol–water partition coefficient (Wildman–Crippen LogP) is 3.10. The first kappa shape index (κ1) is 23.4. The molecule has 34 heavy (non-hydrogen) atoms. The highest BCUT2D eigenvalue weighted by atomic mass is 32.2. The van der Waals surface area contributed by atoms with E-state index in [1.54, 1.807) is 77.5 Å². The maximum atomic E-state index is 12.9. The highest BCUT2D eigenvalue weighted by molar-refractivity contribution is 7.92. The van der Waals surface area contributed by atoms with Gasteiger partial charge < -0.3 is 9.80 Å². The third kappa shape index (κ3) is 5.09. The predicted molar refractivity (Wildman–Crippen MR) is 129 cm³/mol. The van der Waals surface area contributed by atoms with Crippen LogP contribution in [0.2, 0.25) is 0 Å². The molecule has 0 unspecified atom stereocenters. The molecule has 176 valence electrons. The van der Waals surface area contributed by atoms with Gasteiger partial charge in [-0.1, -0.05) is 23.8 Å². The highest BCUT2D eigenvalue weighted by Gasteiger charge is 2.26. The van der Waals surface area contributed by atoms with Crippen molar-refractivity contribution in [2.45, 2.75) is 18.7 Å². The number of carbonyl (C=O) groups is 2. The molecule has 0 radical (unpaired) electrons. The van der Waals surface area contributed by atoms with Crippen molar-refractivity contribution >= 4 is 27.5 Å². The third-order valence-corrected chi connectivity index (χ3v) is 7.28. The van der Waals surface area contributed by atoms with Gasteiger partial charge in [-0.05, 0) is 61.9 Å². The molecule has 0 spiro atoms. The zero-order chi connectivity index (χ0) is 24.3. The first-order valence-electron chi connectivity index (χ1n) is 10.9. The average Bonchev–Trinajstić information content (AvgIpc) is 2.84. The van der Waals surface area contributed by atoms with Crippen LogP contribution in [0.4, 0.5) is 5.69 Å². The number of aryl methyl sites for hydroxylation is 2. The molecular weight excluding hydrogens is 452 g/mol. The van der Waals surface area contributed by atoms with Crippen LogP contribution in [0, 0.1) is 13.8 Å². The summed E-state index contributed by atoms with van der Waals surface area (Å²) in [7, 11) is -3.74. The van der Waals surface area contributed by atoms with Crippen LogP contribution < -0.4 is 4.72 Å². The number of benzene rings is 2. The summed E-state index contributed by atoms with van der Waals surface area (Å²) in [5.41, 5.74) is 2.88. The maximum Gasteiger partial charge on any atom is 0.272 e. The molecule has 1 N–H and O–H groups in total. The minimum atomic E-state index is -3.74. The zero-order valence-electron chi connectivity index (χ0n) is 19.1. The Kier molecular flexibility index (Phi) is 6.65. The first-order valence-corrected chi connectivity index (χ1v) is 12.4. The summed E-state index contributed by atoms with van der Waals surface area (Å²) in [6.45, 7) is 5.35. The van der Waals surface area contributed by atoms with Crippen LogP contribution in [0.5, 0.6) is 0 Å². The number of anilines is 1. The number of hydrogen-bond donors (Lipinski definition) is 1. The van der Waals surface area contributed by atoms with Crippen molar-refractivity contribution in [2.24, 2.45) is 0 Å². The van der Waals surface area contributed by atoms with Crippen molar-refractivity contribution in [3.05, 3.63) is 89.2 Å². The lowest BCUT2D eigenvalue weighted by Crippen LogP contribution is -2.50. The fourth-order valence-corrected chi connectivity index (χ4v) is 5.22. The second kappa shape index (κ2) is 9.64. The SMILES string of the molecule is Cc1ccc(S(=O)(=O)Nc2ccc(C(=O)N3CCN(C(=O)c4ccccn4)CC3)cc2)c(C)c1. The zero-order valence-corrected chi connectivity index (χ0v) is 19.9. The molecular formula is C25H26N4O4S. The van der Waals surface area contributed by atoms with Gasteiger partial charge in [-0.15, -0.1) is 0 Å². The largest absolute Gasteiger partial charge is 0.335 e. The summed E-state index contributed by atoms with van der Waals surface area (Å²) in [4.78, 5) is 33.2. The molecule has 2 amide bonds. The normalized spacial score (nSPS) is 14.1. The van der Waals surface area contributed by atoms with E-state index in [1.807, 2.05) is 13.0 Å². The minimum Gasteiger partial charge on any atom is -0.335 e. The monoisotopic (exact) mass is 478 g/mol. The quantitative estimate of drug-likeness (QED) is 0.608. The van der Waals surface area contributed by atoms with Crippen molar-refractivity contribution in [3.8, 4) is 0 Å². The van der Waals surface area contributed by atoms with Gasteiger partial charge in [-0.3, -0.25) is 19.3 Å². The Morgan fingerprint density at radius 3 is 2.09 bits per heavy atom. The molecule has 2 aromatic carbocycles. The molecule has 1 fully saturated rings. The summed E-state index contributed by atoms with van der Waals surface area (Å²) in [5, 5.41) is 0. The standard InChI is InChI=1S/C25H26N4O4S/c1-18-6-11-23(19(2)17-18)34(32,33)27-21-9-7-20(8-10-21)24(30)28-13-15-29(16-14-28)25(31)22-5-3-4-12-26-22/h3-12,17,27H,13-16H2,1-2H3. The molecule has 1 aliphatic rings. The molecule has 4 rings (SSSR count). The van der Waals surface area contributed by atoms with Crippen LogP contribution in [0.1, 0.15) is 32.0 Å². The summed E-state index contributed by atoms with van der Waals surface area (Å²) >= 11 is 0. The summed E-state index contributed by atoms with van der Waals surface area (Å²) in [6, 6.07) is 16.7.